The van der Waals surface area contributed by atoms with Crippen LogP contribution >= 0.6 is 11.3 Å². The van der Waals surface area contributed by atoms with Crippen molar-refractivity contribution in [3.05, 3.63) is 59.7 Å². The fourth-order valence-corrected chi connectivity index (χ4v) is 2.49. The zero-order valence-corrected chi connectivity index (χ0v) is 11.7. The smallest absolute Gasteiger partial charge is 0.335 e. The molecule has 0 atom stereocenters. The second kappa shape index (κ2) is 5.72. The topological polar surface area (TPSA) is 75.1 Å². The maximum atomic E-state index is 10.8. The monoisotopic (exact) mass is 297 g/mol. The molecular weight excluding hydrogens is 286 g/mol. The zero-order chi connectivity index (χ0) is 14.7. The van der Waals surface area contributed by atoms with E-state index in [9.17, 15) is 4.79 Å². The molecular formula is C15H11N3O2S. The van der Waals surface area contributed by atoms with Gasteiger partial charge < -0.3 is 10.4 Å². The van der Waals surface area contributed by atoms with Gasteiger partial charge in [-0.25, -0.2) is 14.8 Å². The largest absolute Gasteiger partial charge is 0.478 e. The average Bonchev–Trinajstić information content (AvgIpc) is 3.03. The van der Waals surface area contributed by atoms with Gasteiger partial charge in [0.2, 0.25) is 5.95 Å². The van der Waals surface area contributed by atoms with Crippen molar-refractivity contribution in [1.29, 1.82) is 0 Å². The Labute approximate surface area is 124 Å². The highest BCUT2D eigenvalue weighted by Gasteiger charge is 2.04. The van der Waals surface area contributed by atoms with Crippen LogP contribution in [0.4, 0.5) is 11.6 Å². The molecule has 3 aromatic rings. The number of aromatic carboxylic acids is 1. The maximum absolute atomic E-state index is 10.8. The highest BCUT2D eigenvalue weighted by molar-refractivity contribution is 7.13. The predicted octanol–water partition coefficient (Wildman–Crippen LogP) is 3.65. The number of nitrogens with one attached hydrogen (secondary N) is 1. The number of anilines is 2. The Kier molecular flexibility index (Phi) is 3.61. The standard InChI is InChI=1S/C15H11N3O2S/c19-14(20)10-3-5-12(6-4-10)18-15-16-8-11(9-17-15)13-2-1-7-21-13/h1-9H,(H,19,20)(H,16,17,18). The number of carboxylic acid groups (broad SMARTS) is 1. The van der Waals surface area contributed by atoms with Crippen molar-refractivity contribution in [3.63, 3.8) is 0 Å². The molecule has 2 N–H and O–H groups in total. The summed E-state index contributed by atoms with van der Waals surface area (Å²) < 4.78 is 0. The van der Waals surface area contributed by atoms with Gasteiger partial charge in [0.1, 0.15) is 0 Å². The highest BCUT2D eigenvalue weighted by atomic mass is 32.1. The van der Waals surface area contributed by atoms with Gasteiger partial charge in [-0.05, 0) is 35.7 Å². The number of rotatable bonds is 4. The van der Waals surface area contributed by atoms with Gasteiger partial charge in [0, 0.05) is 28.5 Å². The number of thiophene rings is 1. The molecule has 2 aromatic heterocycles. The van der Waals surface area contributed by atoms with E-state index in [-0.39, 0.29) is 5.56 Å². The summed E-state index contributed by atoms with van der Waals surface area (Å²) in [4.78, 5) is 20.4. The first-order valence-corrected chi connectivity index (χ1v) is 7.06. The summed E-state index contributed by atoms with van der Waals surface area (Å²) in [5.41, 5.74) is 1.95. The van der Waals surface area contributed by atoms with Gasteiger partial charge in [0.15, 0.2) is 0 Å². The van der Waals surface area contributed by atoms with Crippen LogP contribution < -0.4 is 5.32 Å². The summed E-state index contributed by atoms with van der Waals surface area (Å²) in [5, 5.41) is 13.9. The Balaban J connectivity index is 1.74. The molecule has 3 rings (SSSR count). The number of aromatic nitrogens is 2. The first-order valence-electron chi connectivity index (χ1n) is 6.19. The molecule has 0 saturated carbocycles. The van der Waals surface area contributed by atoms with Crippen LogP contribution in [0.15, 0.2) is 54.2 Å². The number of nitrogens with zero attached hydrogens (tertiary/aromatic N) is 2. The summed E-state index contributed by atoms with van der Waals surface area (Å²) in [5.74, 6) is -0.475. The predicted molar refractivity (Wildman–Crippen MR) is 82.0 cm³/mol. The molecule has 2 heterocycles. The Hall–Kier alpha value is -2.73. The molecule has 6 heteroatoms. The lowest BCUT2D eigenvalue weighted by molar-refractivity contribution is 0.0697. The van der Waals surface area contributed by atoms with Crippen molar-refractivity contribution >= 4 is 28.9 Å². The van der Waals surface area contributed by atoms with Crippen LogP contribution in [0.25, 0.3) is 10.4 Å². The number of benzene rings is 1. The second-order valence-corrected chi connectivity index (χ2v) is 5.23. The Morgan fingerprint density at radius 2 is 1.81 bits per heavy atom. The van der Waals surface area contributed by atoms with Crippen molar-refractivity contribution in [3.8, 4) is 10.4 Å². The lowest BCUT2D eigenvalue weighted by Crippen LogP contribution is -1.99. The van der Waals surface area contributed by atoms with Crippen molar-refractivity contribution in [1.82, 2.24) is 9.97 Å². The van der Waals surface area contributed by atoms with Gasteiger partial charge in [-0.2, -0.15) is 0 Å². The molecule has 0 aliphatic carbocycles. The molecule has 5 nitrogen and oxygen atoms in total. The van der Waals surface area contributed by atoms with Gasteiger partial charge in [-0.3, -0.25) is 0 Å². The first kappa shape index (κ1) is 13.3. The van der Waals surface area contributed by atoms with E-state index in [1.807, 2.05) is 17.5 Å². The molecule has 104 valence electrons. The molecule has 0 saturated heterocycles. The average molecular weight is 297 g/mol. The summed E-state index contributed by atoms with van der Waals surface area (Å²) >= 11 is 1.63. The van der Waals surface area contributed by atoms with Gasteiger partial charge >= 0.3 is 5.97 Å². The lowest BCUT2D eigenvalue weighted by atomic mass is 10.2. The summed E-state index contributed by atoms with van der Waals surface area (Å²) in [7, 11) is 0. The third kappa shape index (κ3) is 3.06. The van der Waals surface area contributed by atoms with E-state index in [0.29, 0.717) is 5.95 Å². The van der Waals surface area contributed by atoms with Crippen LogP contribution in [-0.2, 0) is 0 Å². The van der Waals surface area contributed by atoms with Crippen LogP contribution in [0.5, 0.6) is 0 Å². The molecule has 0 fully saturated rings. The van der Waals surface area contributed by atoms with Gasteiger partial charge in [0.25, 0.3) is 0 Å². The Morgan fingerprint density at radius 3 is 2.38 bits per heavy atom. The normalized spacial score (nSPS) is 10.3. The van der Waals surface area contributed by atoms with E-state index >= 15 is 0 Å². The first-order chi connectivity index (χ1) is 10.2. The zero-order valence-electron chi connectivity index (χ0n) is 10.9. The van der Waals surface area contributed by atoms with Crippen molar-refractivity contribution < 1.29 is 9.90 Å². The van der Waals surface area contributed by atoms with Crippen LogP contribution in [0.3, 0.4) is 0 Å². The number of carbonyl (C=O) groups is 1. The number of hydrogen-bond acceptors (Lipinski definition) is 5. The minimum absolute atomic E-state index is 0.245. The minimum Gasteiger partial charge on any atom is -0.478 e. The quantitative estimate of drug-likeness (QED) is 0.769. The number of hydrogen-bond donors (Lipinski definition) is 2. The third-order valence-electron chi connectivity index (χ3n) is 2.85. The number of carboxylic acids is 1. The molecule has 1 aromatic carbocycles. The van der Waals surface area contributed by atoms with E-state index in [4.69, 9.17) is 5.11 Å². The summed E-state index contributed by atoms with van der Waals surface area (Å²) in [6.45, 7) is 0. The summed E-state index contributed by atoms with van der Waals surface area (Å²) in [6, 6.07) is 10.4. The Morgan fingerprint density at radius 1 is 1.10 bits per heavy atom. The van der Waals surface area contributed by atoms with Crippen LogP contribution in [-0.4, -0.2) is 21.0 Å². The lowest BCUT2D eigenvalue weighted by Gasteiger charge is -2.05. The molecule has 0 aliphatic rings. The molecule has 0 radical (unpaired) electrons. The van der Waals surface area contributed by atoms with Gasteiger partial charge in [-0.1, -0.05) is 6.07 Å². The van der Waals surface area contributed by atoms with Crippen molar-refractivity contribution in [2.45, 2.75) is 0 Å². The minimum atomic E-state index is -0.946. The molecule has 0 unspecified atom stereocenters. The highest BCUT2D eigenvalue weighted by Crippen LogP contribution is 2.23. The SMILES string of the molecule is O=C(O)c1ccc(Nc2ncc(-c3cccs3)cn2)cc1. The molecule has 21 heavy (non-hydrogen) atoms. The van der Waals surface area contributed by atoms with Crippen LogP contribution in [0.2, 0.25) is 0 Å². The molecule has 0 amide bonds. The van der Waals surface area contributed by atoms with Crippen LogP contribution in [0.1, 0.15) is 10.4 Å². The molecule has 0 spiro atoms. The van der Waals surface area contributed by atoms with E-state index in [1.165, 1.54) is 12.1 Å². The maximum Gasteiger partial charge on any atom is 0.335 e. The molecule has 0 aliphatic heterocycles. The van der Waals surface area contributed by atoms with Crippen molar-refractivity contribution in [2.24, 2.45) is 0 Å². The van der Waals surface area contributed by atoms with E-state index in [1.54, 1.807) is 35.9 Å². The van der Waals surface area contributed by atoms with E-state index < -0.39 is 5.97 Å². The van der Waals surface area contributed by atoms with Gasteiger partial charge in [-0.15, -0.1) is 11.3 Å². The summed E-state index contributed by atoms with van der Waals surface area (Å²) in [6.07, 6.45) is 3.51. The third-order valence-corrected chi connectivity index (χ3v) is 3.76. The van der Waals surface area contributed by atoms with Gasteiger partial charge in [0.05, 0.1) is 5.56 Å². The van der Waals surface area contributed by atoms with E-state index in [2.05, 4.69) is 15.3 Å². The van der Waals surface area contributed by atoms with E-state index in [0.717, 1.165) is 16.1 Å². The van der Waals surface area contributed by atoms with Crippen LogP contribution in [0, 0.1) is 0 Å². The van der Waals surface area contributed by atoms with Crippen molar-refractivity contribution in [2.75, 3.05) is 5.32 Å². The second-order valence-electron chi connectivity index (χ2n) is 4.28. The molecule has 0 bridgehead atoms. The fraction of sp³-hybridized carbons (Fsp3) is 0. The fourth-order valence-electron chi connectivity index (χ4n) is 1.79. The Bertz CT molecular complexity index is 738.